The van der Waals surface area contributed by atoms with E-state index in [1.165, 1.54) is 37.9 Å². The molecule has 0 saturated heterocycles. The van der Waals surface area contributed by atoms with Crippen molar-refractivity contribution in [3.05, 3.63) is 23.8 Å². The Balaban J connectivity index is 0.00000149. The van der Waals surface area contributed by atoms with E-state index in [0.29, 0.717) is 6.54 Å². The molecule has 0 heterocycles. The Kier molecular flexibility index (Phi) is 14.4. The molecule has 1 rings (SSSR count). The monoisotopic (exact) mass is 337 g/mol. The number of allylic oxidation sites excluding steroid dienone is 1. The molecular weight excluding hydrogens is 302 g/mol. The lowest BCUT2D eigenvalue weighted by atomic mass is 9.91. The van der Waals surface area contributed by atoms with Crippen molar-refractivity contribution in [3.8, 4) is 12.3 Å². The molecule has 2 unspecified atom stereocenters. The van der Waals surface area contributed by atoms with Crippen molar-refractivity contribution < 1.29 is 5.11 Å². The maximum absolute atomic E-state index is 10.2. The highest BCUT2D eigenvalue weighted by Gasteiger charge is 2.16. The van der Waals surface area contributed by atoms with Crippen molar-refractivity contribution in [1.29, 1.82) is 0 Å². The first kappa shape index (κ1) is 22.3. The van der Waals surface area contributed by atoms with Gasteiger partial charge in [-0.25, -0.2) is 0 Å². The minimum Gasteiger partial charge on any atom is -0.388 e. The second kappa shape index (κ2) is 14.9. The Morgan fingerprint density at radius 1 is 1.39 bits per heavy atom. The number of aliphatic hydroxyl groups excluding tert-OH is 1. The lowest BCUT2D eigenvalue weighted by Gasteiger charge is -2.21. The molecule has 0 aromatic carbocycles. The lowest BCUT2D eigenvalue weighted by molar-refractivity contribution is 0.158. The summed E-state index contributed by atoms with van der Waals surface area (Å²) in [4.78, 5) is 0. The highest BCUT2D eigenvalue weighted by atomic mass is 32.2. The lowest BCUT2D eigenvalue weighted by Crippen LogP contribution is -2.26. The zero-order chi connectivity index (χ0) is 17.5. The van der Waals surface area contributed by atoms with E-state index in [1.54, 1.807) is 6.92 Å². The fourth-order valence-corrected chi connectivity index (χ4v) is 3.79. The molecule has 1 fully saturated rings. The van der Waals surface area contributed by atoms with Gasteiger partial charge in [0.15, 0.2) is 0 Å². The average molecular weight is 338 g/mol. The summed E-state index contributed by atoms with van der Waals surface area (Å²) in [6.45, 7) is 6.16. The van der Waals surface area contributed by atoms with E-state index in [-0.39, 0.29) is 5.92 Å². The molecule has 0 amide bonds. The van der Waals surface area contributed by atoms with E-state index in [2.05, 4.69) is 18.4 Å². The first-order valence-electron chi connectivity index (χ1n) is 8.76. The fraction of sp³-hybridized carbons (Fsp3) is 0.700. The van der Waals surface area contributed by atoms with Gasteiger partial charge in [0.2, 0.25) is 0 Å². The van der Waals surface area contributed by atoms with Gasteiger partial charge in [-0.15, -0.1) is 12.3 Å². The Morgan fingerprint density at radius 3 is 2.52 bits per heavy atom. The summed E-state index contributed by atoms with van der Waals surface area (Å²) in [5.41, 5.74) is 6.66. The SMILES string of the molecule is C#CC.C/C=C\C(=C/CSCC1CCCCC1)C(O)C(C)CN. The van der Waals surface area contributed by atoms with Crippen LogP contribution in [-0.4, -0.2) is 29.3 Å². The number of rotatable bonds is 8. The Labute approximate surface area is 148 Å². The predicted molar refractivity (Wildman–Crippen MR) is 106 cm³/mol. The van der Waals surface area contributed by atoms with Gasteiger partial charge in [-0.2, -0.15) is 11.8 Å². The summed E-state index contributed by atoms with van der Waals surface area (Å²) in [6.07, 6.45) is 17.4. The standard InChI is InChI=1S/C17H31NOS.C3H4/c1-3-7-16(17(19)14(2)12-18)10-11-20-13-15-8-5-4-6-9-15;1-3-2/h3,7,10,14-15,17,19H,4-6,8-9,11-13,18H2,1-2H3;1H,2H3/b7-3-,16-10+;. The summed E-state index contributed by atoms with van der Waals surface area (Å²) >= 11 is 2.00. The second-order valence-corrected chi connectivity index (χ2v) is 7.27. The normalized spacial score (nSPS) is 18.9. The zero-order valence-corrected chi connectivity index (χ0v) is 15.9. The Bertz CT molecular complexity index is 378. The van der Waals surface area contributed by atoms with Crippen LogP contribution in [0.5, 0.6) is 0 Å². The summed E-state index contributed by atoms with van der Waals surface area (Å²) in [5.74, 6) is 5.54. The summed E-state index contributed by atoms with van der Waals surface area (Å²) in [5, 5.41) is 10.2. The smallest absolute Gasteiger partial charge is 0.0824 e. The maximum Gasteiger partial charge on any atom is 0.0824 e. The number of hydrogen-bond acceptors (Lipinski definition) is 3. The molecule has 0 bridgehead atoms. The van der Waals surface area contributed by atoms with Crippen molar-refractivity contribution in [2.75, 3.05) is 18.1 Å². The summed E-state index contributed by atoms with van der Waals surface area (Å²) in [6, 6.07) is 0. The third-order valence-corrected chi connectivity index (χ3v) is 5.24. The van der Waals surface area contributed by atoms with Crippen molar-refractivity contribution in [2.24, 2.45) is 17.6 Å². The number of hydrogen-bond donors (Lipinski definition) is 2. The van der Waals surface area contributed by atoms with Crippen molar-refractivity contribution in [1.82, 2.24) is 0 Å². The van der Waals surface area contributed by atoms with Crippen molar-refractivity contribution in [3.63, 3.8) is 0 Å². The predicted octanol–water partition coefficient (Wildman–Crippen LogP) is 4.40. The van der Waals surface area contributed by atoms with E-state index in [1.807, 2.05) is 37.8 Å². The van der Waals surface area contributed by atoms with E-state index in [4.69, 9.17) is 5.73 Å². The van der Waals surface area contributed by atoms with Crippen LogP contribution in [0.3, 0.4) is 0 Å². The third kappa shape index (κ3) is 10.7. The van der Waals surface area contributed by atoms with Crippen LogP contribution in [-0.2, 0) is 0 Å². The van der Waals surface area contributed by atoms with Crippen LogP contribution in [0.4, 0.5) is 0 Å². The van der Waals surface area contributed by atoms with Gasteiger partial charge < -0.3 is 10.8 Å². The third-order valence-electron chi connectivity index (χ3n) is 4.13. The van der Waals surface area contributed by atoms with E-state index in [0.717, 1.165) is 17.2 Å². The van der Waals surface area contributed by atoms with Gasteiger partial charge in [-0.3, -0.25) is 0 Å². The molecule has 2 nitrogen and oxygen atoms in total. The molecular formula is C20H35NOS. The average Bonchev–Trinajstić information content (AvgIpc) is 2.58. The quantitative estimate of drug-likeness (QED) is 0.392. The number of aliphatic hydroxyl groups is 1. The molecule has 0 aromatic rings. The molecule has 132 valence electrons. The number of thioether (sulfide) groups is 1. The van der Waals surface area contributed by atoms with Crippen LogP contribution in [0.25, 0.3) is 0 Å². The highest BCUT2D eigenvalue weighted by Crippen LogP contribution is 2.27. The number of terminal acetylenes is 1. The van der Waals surface area contributed by atoms with Crippen LogP contribution < -0.4 is 5.73 Å². The molecule has 2 atom stereocenters. The zero-order valence-electron chi connectivity index (χ0n) is 15.1. The molecule has 0 radical (unpaired) electrons. The van der Waals surface area contributed by atoms with Crippen LogP contribution in [0.1, 0.15) is 52.9 Å². The van der Waals surface area contributed by atoms with E-state index < -0.39 is 6.10 Å². The molecule has 1 aliphatic carbocycles. The van der Waals surface area contributed by atoms with Crippen LogP contribution in [0.15, 0.2) is 23.8 Å². The summed E-state index contributed by atoms with van der Waals surface area (Å²) < 4.78 is 0. The van der Waals surface area contributed by atoms with Gasteiger partial charge >= 0.3 is 0 Å². The van der Waals surface area contributed by atoms with E-state index in [9.17, 15) is 5.11 Å². The maximum atomic E-state index is 10.2. The highest BCUT2D eigenvalue weighted by molar-refractivity contribution is 7.99. The van der Waals surface area contributed by atoms with E-state index >= 15 is 0 Å². The molecule has 1 aliphatic rings. The molecule has 1 saturated carbocycles. The topological polar surface area (TPSA) is 46.2 Å². The molecule has 3 N–H and O–H groups in total. The molecule has 0 aliphatic heterocycles. The van der Waals surface area contributed by atoms with Crippen molar-refractivity contribution in [2.45, 2.75) is 59.0 Å². The summed E-state index contributed by atoms with van der Waals surface area (Å²) in [7, 11) is 0. The molecule has 3 heteroatoms. The van der Waals surface area contributed by atoms with Gasteiger partial charge in [-0.05, 0) is 56.4 Å². The second-order valence-electron chi connectivity index (χ2n) is 6.19. The first-order valence-corrected chi connectivity index (χ1v) is 9.92. The van der Waals surface area contributed by atoms with Gasteiger partial charge in [0.05, 0.1) is 6.10 Å². The van der Waals surface area contributed by atoms with Crippen molar-refractivity contribution >= 4 is 11.8 Å². The fourth-order valence-electron chi connectivity index (χ4n) is 2.68. The minimum atomic E-state index is -0.438. The molecule has 0 spiro atoms. The molecule has 0 aromatic heterocycles. The van der Waals surface area contributed by atoms with Crippen LogP contribution in [0, 0.1) is 24.2 Å². The number of nitrogens with two attached hydrogens (primary N) is 1. The van der Waals surface area contributed by atoms with Gasteiger partial charge in [0, 0.05) is 5.75 Å². The molecule has 23 heavy (non-hydrogen) atoms. The Hall–Kier alpha value is -0.690. The van der Waals surface area contributed by atoms with Crippen LogP contribution >= 0.6 is 11.8 Å². The van der Waals surface area contributed by atoms with Gasteiger partial charge in [-0.1, -0.05) is 44.4 Å². The minimum absolute atomic E-state index is 0.112. The Morgan fingerprint density at radius 2 is 2.00 bits per heavy atom. The first-order chi connectivity index (χ1) is 11.1. The van der Waals surface area contributed by atoms with Gasteiger partial charge in [0.25, 0.3) is 0 Å². The largest absolute Gasteiger partial charge is 0.388 e. The van der Waals surface area contributed by atoms with Crippen LogP contribution in [0.2, 0.25) is 0 Å². The van der Waals surface area contributed by atoms with Gasteiger partial charge in [0.1, 0.15) is 0 Å².